The number of hydrogen-bond donors (Lipinski definition) is 1. The van der Waals surface area contributed by atoms with Crippen LogP contribution in [-0.4, -0.2) is 34.3 Å². The van der Waals surface area contributed by atoms with Crippen LogP contribution in [-0.2, 0) is 16.9 Å². The molecule has 1 aliphatic carbocycles. The number of rotatable bonds is 5. The molecule has 2 N–H and O–H groups in total. The second-order valence-electron chi connectivity index (χ2n) is 6.25. The van der Waals surface area contributed by atoms with E-state index in [-0.39, 0.29) is 0 Å². The Balaban J connectivity index is 1.81. The number of aryl methyl sites for hydroxylation is 1. The van der Waals surface area contributed by atoms with Crippen LogP contribution in [0.2, 0.25) is 0 Å². The van der Waals surface area contributed by atoms with Crippen molar-refractivity contribution in [3.63, 3.8) is 0 Å². The Morgan fingerprint density at radius 2 is 2.04 bits per heavy atom. The standard InChI is InChI=1S/C16H19N5O3S/c1-8-10-12(23-3)18-9(7-22-2)19-14(10)25-11(8)13-20-15(21-24-13)16(17)5-4-6-16/h4-7,17H2,1-3H3. The van der Waals surface area contributed by atoms with Crippen molar-refractivity contribution in [3.8, 4) is 16.6 Å². The molecule has 0 spiro atoms. The fourth-order valence-electron chi connectivity index (χ4n) is 2.99. The molecule has 0 bridgehead atoms. The van der Waals surface area contributed by atoms with Crippen LogP contribution in [0, 0.1) is 6.92 Å². The zero-order valence-corrected chi connectivity index (χ0v) is 15.1. The van der Waals surface area contributed by atoms with Crippen LogP contribution < -0.4 is 10.5 Å². The van der Waals surface area contributed by atoms with Crippen LogP contribution in [0.1, 0.15) is 36.5 Å². The first-order chi connectivity index (χ1) is 12.1. The molecule has 25 heavy (non-hydrogen) atoms. The van der Waals surface area contributed by atoms with Crippen molar-refractivity contribution in [2.24, 2.45) is 5.73 Å². The Morgan fingerprint density at radius 3 is 2.68 bits per heavy atom. The highest BCUT2D eigenvalue weighted by atomic mass is 32.1. The molecule has 0 saturated heterocycles. The van der Waals surface area contributed by atoms with Gasteiger partial charge in [-0.1, -0.05) is 5.16 Å². The third-order valence-electron chi connectivity index (χ3n) is 4.58. The first-order valence-corrected chi connectivity index (χ1v) is 8.84. The Kier molecular flexibility index (Phi) is 3.94. The van der Waals surface area contributed by atoms with E-state index in [1.807, 2.05) is 6.92 Å². The van der Waals surface area contributed by atoms with Gasteiger partial charge in [0.25, 0.3) is 5.89 Å². The van der Waals surface area contributed by atoms with E-state index in [1.54, 1.807) is 14.2 Å². The lowest BCUT2D eigenvalue weighted by Gasteiger charge is -2.34. The number of ether oxygens (including phenoxy) is 2. The summed E-state index contributed by atoms with van der Waals surface area (Å²) in [5, 5.41) is 4.95. The van der Waals surface area contributed by atoms with Crippen LogP contribution in [0.4, 0.5) is 0 Å². The molecule has 0 atom stereocenters. The lowest BCUT2D eigenvalue weighted by atomic mass is 9.77. The number of methoxy groups -OCH3 is 2. The summed E-state index contributed by atoms with van der Waals surface area (Å²) >= 11 is 1.47. The van der Waals surface area contributed by atoms with Crippen LogP contribution in [0.25, 0.3) is 21.0 Å². The van der Waals surface area contributed by atoms with Gasteiger partial charge in [-0.15, -0.1) is 11.3 Å². The first kappa shape index (κ1) is 16.4. The minimum absolute atomic E-state index is 0.318. The summed E-state index contributed by atoms with van der Waals surface area (Å²) in [6.45, 7) is 2.29. The number of fused-ring (bicyclic) bond motifs is 1. The van der Waals surface area contributed by atoms with E-state index < -0.39 is 5.54 Å². The van der Waals surface area contributed by atoms with Crippen molar-refractivity contribution in [2.75, 3.05) is 14.2 Å². The topological polar surface area (TPSA) is 109 Å². The van der Waals surface area contributed by atoms with Crippen molar-refractivity contribution in [1.82, 2.24) is 20.1 Å². The van der Waals surface area contributed by atoms with Crippen LogP contribution in [0.5, 0.6) is 5.88 Å². The average molecular weight is 361 g/mol. The predicted octanol–water partition coefficient (Wildman–Crippen LogP) is 2.54. The summed E-state index contributed by atoms with van der Waals surface area (Å²) in [6.07, 6.45) is 2.87. The molecule has 0 aromatic carbocycles. The summed E-state index contributed by atoms with van der Waals surface area (Å²) in [5.74, 6) is 2.12. The summed E-state index contributed by atoms with van der Waals surface area (Å²) in [5.41, 5.74) is 6.80. The fourth-order valence-corrected chi connectivity index (χ4v) is 4.10. The molecule has 4 rings (SSSR count). The zero-order chi connectivity index (χ0) is 17.6. The van der Waals surface area contributed by atoms with Gasteiger partial charge in [0, 0.05) is 7.11 Å². The van der Waals surface area contributed by atoms with Crippen molar-refractivity contribution < 1.29 is 14.0 Å². The van der Waals surface area contributed by atoms with Gasteiger partial charge < -0.3 is 19.7 Å². The van der Waals surface area contributed by atoms with E-state index in [4.69, 9.17) is 19.7 Å². The molecule has 0 unspecified atom stereocenters. The normalized spacial score (nSPS) is 16.2. The molecule has 3 aromatic heterocycles. The monoisotopic (exact) mass is 361 g/mol. The summed E-state index contributed by atoms with van der Waals surface area (Å²) < 4.78 is 16.1. The largest absolute Gasteiger partial charge is 0.480 e. The average Bonchev–Trinajstić information content (AvgIpc) is 3.18. The van der Waals surface area contributed by atoms with Crippen LogP contribution >= 0.6 is 11.3 Å². The maximum Gasteiger partial charge on any atom is 0.268 e. The van der Waals surface area contributed by atoms with Crippen molar-refractivity contribution in [2.45, 2.75) is 38.3 Å². The number of nitrogens with zero attached hydrogens (tertiary/aromatic N) is 4. The molecular formula is C16H19N5O3S. The van der Waals surface area contributed by atoms with E-state index in [9.17, 15) is 0 Å². The van der Waals surface area contributed by atoms with E-state index in [0.29, 0.717) is 30.0 Å². The first-order valence-electron chi connectivity index (χ1n) is 8.02. The molecule has 3 heterocycles. The number of aromatic nitrogens is 4. The van der Waals surface area contributed by atoms with E-state index in [2.05, 4.69) is 20.1 Å². The fraction of sp³-hybridized carbons (Fsp3) is 0.500. The Morgan fingerprint density at radius 1 is 1.24 bits per heavy atom. The van der Waals surface area contributed by atoms with E-state index in [0.717, 1.165) is 39.9 Å². The second-order valence-corrected chi connectivity index (χ2v) is 7.25. The Bertz CT molecular complexity index is 931. The van der Waals surface area contributed by atoms with Crippen LogP contribution in [0.3, 0.4) is 0 Å². The summed E-state index contributed by atoms with van der Waals surface area (Å²) in [6, 6.07) is 0. The molecule has 1 aliphatic rings. The van der Waals surface area contributed by atoms with Gasteiger partial charge in [-0.3, -0.25) is 0 Å². The Hall–Kier alpha value is -2.10. The quantitative estimate of drug-likeness (QED) is 0.738. The molecule has 1 fully saturated rings. The van der Waals surface area contributed by atoms with Gasteiger partial charge in [-0.2, -0.15) is 9.97 Å². The van der Waals surface area contributed by atoms with Gasteiger partial charge in [-0.25, -0.2) is 4.98 Å². The van der Waals surface area contributed by atoms with Crippen LogP contribution in [0.15, 0.2) is 4.52 Å². The predicted molar refractivity (Wildman–Crippen MR) is 92.4 cm³/mol. The Labute approximate surface area is 148 Å². The molecule has 0 radical (unpaired) electrons. The molecule has 132 valence electrons. The highest BCUT2D eigenvalue weighted by Gasteiger charge is 2.39. The van der Waals surface area contributed by atoms with Gasteiger partial charge in [0.15, 0.2) is 11.6 Å². The number of nitrogens with two attached hydrogens (primary N) is 1. The lowest BCUT2D eigenvalue weighted by molar-refractivity contribution is 0.177. The third-order valence-corrected chi connectivity index (χ3v) is 5.76. The van der Waals surface area contributed by atoms with Gasteiger partial charge in [-0.05, 0) is 31.7 Å². The van der Waals surface area contributed by atoms with Gasteiger partial charge in [0.2, 0.25) is 5.88 Å². The zero-order valence-electron chi connectivity index (χ0n) is 14.3. The van der Waals surface area contributed by atoms with Gasteiger partial charge in [0.05, 0.1) is 22.9 Å². The molecule has 0 aliphatic heterocycles. The van der Waals surface area contributed by atoms with Gasteiger partial charge in [0.1, 0.15) is 11.4 Å². The second kappa shape index (κ2) is 6.01. The number of thiophene rings is 1. The molecule has 9 heteroatoms. The number of hydrogen-bond acceptors (Lipinski definition) is 9. The van der Waals surface area contributed by atoms with E-state index in [1.165, 1.54) is 11.3 Å². The SMILES string of the molecule is COCc1nc(OC)c2c(C)c(-c3nc(C4(N)CCC4)no3)sc2n1. The maximum absolute atomic E-state index is 6.29. The molecule has 3 aromatic rings. The smallest absolute Gasteiger partial charge is 0.268 e. The van der Waals surface area contributed by atoms with Crippen molar-refractivity contribution >= 4 is 21.6 Å². The minimum atomic E-state index is -0.449. The molecule has 0 amide bonds. The highest BCUT2D eigenvalue weighted by molar-refractivity contribution is 7.22. The summed E-state index contributed by atoms with van der Waals surface area (Å²) in [4.78, 5) is 15.2. The molecule has 1 saturated carbocycles. The van der Waals surface area contributed by atoms with Crippen molar-refractivity contribution in [1.29, 1.82) is 0 Å². The third kappa shape index (κ3) is 2.59. The summed E-state index contributed by atoms with van der Waals surface area (Å²) in [7, 11) is 3.20. The lowest BCUT2D eigenvalue weighted by Crippen LogP contribution is -2.44. The molecular weight excluding hydrogens is 342 g/mol. The van der Waals surface area contributed by atoms with E-state index >= 15 is 0 Å². The minimum Gasteiger partial charge on any atom is -0.480 e. The van der Waals surface area contributed by atoms with Crippen molar-refractivity contribution in [3.05, 3.63) is 17.2 Å². The maximum atomic E-state index is 6.29. The van der Waals surface area contributed by atoms with Gasteiger partial charge >= 0.3 is 0 Å². The highest BCUT2D eigenvalue weighted by Crippen LogP contribution is 2.42. The molecule has 8 nitrogen and oxygen atoms in total.